The molecule has 0 radical (unpaired) electrons. The quantitative estimate of drug-likeness (QED) is 0.405. The van der Waals surface area contributed by atoms with Gasteiger partial charge in [0.15, 0.2) is 5.16 Å². The van der Waals surface area contributed by atoms with Gasteiger partial charge in [-0.3, -0.25) is 9.59 Å². The second kappa shape index (κ2) is 10.6. The van der Waals surface area contributed by atoms with E-state index in [1.54, 1.807) is 19.2 Å². The van der Waals surface area contributed by atoms with Crippen LogP contribution in [0.15, 0.2) is 64.5 Å². The van der Waals surface area contributed by atoms with Crippen molar-refractivity contribution in [2.45, 2.75) is 23.8 Å². The number of carbonyl (C=O) groups excluding carboxylic acids is 1. The van der Waals surface area contributed by atoms with Gasteiger partial charge in [0, 0.05) is 18.4 Å². The van der Waals surface area contributed by atoms with Crippen LogP contribution in [-0.2, 0) is 23.4 Å². The summed E-state index contributed by atoms with van der Waals surface area (Å²) in [4.78, 5) is 31.1. The summed E-state index contributed by atoms with van der Waals surface area (Å²) in [6, 6.07) is 15.1. The summed E-state index contributed by atoms with van der Waals surface area (Å²) in [5.74, 6) is 0.803. The standard InChI is InChI=1S/C22H22FN3O3S/c1-29-19-4-2-3-15(11-19)9-10-24-20(27)12-18-13-21(28)26-22(25-18)30-14-16-5-7-17(23)8-6-16/h2-8,11,13H,9-10,12,14H2,1H3,(H,24,27)(H,25,26,28). The van der Waals surface area contributed by atoms with E-state index in [1.165, 1.54) is 30.0 Å². The smallest absolute Gasteiger partial charge is 0.251 e. The van der Waals surface area contributed by atoms with E-state index in [9.17, 15) is 14.0 Å². The van der Waals surface area contributed by atoms with E-state index in [0.29, 0.717) is 29.6 Å². The molecule has 6 nitrogen and oxygen atoms in total. The first-order valence-corrected chi connectivity index (χ1v) is 10.4. The molecule has 0 saturated heterocycles. The molecular weight excluding hydrogens is 405 g/mol. The Morgan fingerprint density at radius 1 is 1.17 bits per heavy atom. The van der Waals surface area contributed by atoms with Crippen molar-refractivity contribution in [3.8, 4) is 5.75 Å². The summed E-state index contributed by atoms with van der Waals surface area (Å²) in [6.07, 6.45) is 0.691. The minimum Gasteiger partial charge on any atom is -0.497 e. The molecule has 0 saturated carbocycles. The van der Waals surface area contributed by atoms with Crippen molar-refractivity contribution in [1.29, 1.82) is 0 Å². The minimum absolute atomic E-state index is 0.0200. The molecule has 0 aliphatic carbocycles. The Balaban J connectivity index is 1.51. The average molecular weight is 428 g/mol. The SMILES string of the molecule is COc1cccc(CCNC(=O)Cc2cc(=O)[nH]c(SCc3ccc(F)cc3)n2)c1. The van der Waals surface area contributed by atoms with Crippen molar-refractivity contribution in [1.82, 2.24) is 15.3 Å². The van der Waals surface area contributed by atoms with E-state index in [4.69, 9.17) is 4.74 Å². The molecule has 0 aliphatic rings. The second-order valence-electron chi connectivity index (χ2n) is 6.59. The lowest BCUT2D eigenvalue weighted by molar-refractivity contribution is -0.120. The number of amides is 1. The third-order valence-electron chi connectivity index (χ3n) is 4.27. The van der Waals surface area contributed by atoms with Gasteiger partial charge in [0.25, 0.3) is 5.56 Å². The molecule has 0 spiro atoms. The van der Waals surface area contributed by atoms with E-state index >= 15 is 0 Å². The zero-order chi connectivity index (χ0) is 21.3. The molecule has 0 bridgehead atoms. The van der Waals surface area contributed by atoms with Crippen molar-refractivity contribution in [3.05, 3.63) is 87.6 Å². The first-order valence-electron chi connectivity index (χ1n) is 9.39. The van der Waals surface area contributed by atoms with Gasteiger partial charge >= 0.3 is 0 Å². The van der Waals surface area contributed by atoms with Crippen molar-refractivity contribution >= 4 is 17.7 Å². The molecule has 2 aromatic carbocycles. The molecule has 0 atom stereocenters. The molecule has 1 heterocycles. The lowest BCUT2D eigenvalue weighted by Gasteiger charge is -2.07. The van der Waals surface area contributed by atoms with Gasteiger partial charge in [0.05, 0.1) is 19.2 Å². The van der Waals surface area contributed by atoms with Crippen LogP contribution in [0.2, 0.25) is 0 Å². The molecule has 1 amide bonds. The lowest BCUT2D eigenvalue weighted by Crippen LogP contribution is -2.28. The zero-order valence-electron chi connectivity index (χ0n) is 16.5. The Bertz CT molecular complexity index is 1050. The van der Waals surface area contributed by atoms with Crippen molar-refractivity contribution in [2.75, 3.05) is 13.7 Å². The van der Waals surface area contributed by atoms with Crippen LogP contribution >= 0.6 is 11.8 Å². The molecule has 1 aromatic heterocycles. The number of H-pyrrole nitrogens is 1. The summed E-state index contributed by atoms with van der Waals surface area (Å²) >= 11 is 1.32. The van der Waals surface area contributed by atoms with Crippen molar-refractivity contribution < 1.29 is 13.9 Å². The van der Waals surface area contributed by atoms with Crippen molar-refractivity contribution in [3.63, 3.8) is 0 Å². The van der Waals surface area contributed by atoms with Gasteiger partial charge in [-0.2, -0.15) is 0 Å². The fraction of sp³-hybridized carbons (Fsp3) is 0.227. The number of thioether (sulfide) groups is 1. The number of ether oxygens (including phenoxy) is 1. The Hall–Kier alpha value is -3.13. The predicted molar refractivity (Wildman–Crippen MR) is 114 cm³/mol. The molecule has 156 valence electrons. The van der Waals surface area contributed by atoms with E-state index in [0.717, 1.165) is 16.9 Å². The molecule has 8 heteroatoms. The number of rotatable bonds is 9. The number of nitrogens with one attached hydrogen (secondary N) is 2. The van der Waals surface area contributed by atoms with Gasteiger partial charge < -0.3 is 15.0 Å². The second-order valence-corrected chi connectivity index (χ2v) is 7.55. The monoisotopic (exact) mass is 427 g/mol. The van der Waals surface area contributed by atoms with Crippen LogP contribution in [0.5, 0.6) is 5.75 Å². The van der Waals surface area contributed by atoms with Gasteiger partial charge in [0.1, 0.15) is 11.6 Å². The van der Waals surface area contributed by atoms with Crippen LogP contribution in [0.1, 0.15) is 16.8 Å². The largest absolute Gasteiger partial charge is 0.497 e. The molecule has 30 heavy (non-hydrogen) atoms. The highest BCUT2D eigenvalue weighted by molar-refractivity contribution is 7.98. The number of aromatic amines is 1. The molecule has 3 rings (SSSR count). The maximum atomic E-state index is 13.0. The highest BCUT2D eigenvalue weighted by Crippen LogP contribution is 2.18. The summed E-state index contributed by atoms with van der Waals surface area (Å²) in [7, 11) is 1.61. The number of halogens is 1. The summed E-state index contributed by atoms with van der Waals surface area (Å²) in [5, 5.41) is 3.27. The number of benzene rings is 2. The summed E-state index contributed by atoms with van der Waals surface area (Å²) in [6.45, 7) is 0.474. The third kappa shape index (κ3) is 6.73. The summed E-state index contributed by atoms with van der Waals surface area (Å²) < 4.78 is 18.2. The number of methoxy groups -OCH3 is 1. The number of nitrogens with zero attached hydrogens (tertiary/aromatic N) is 1. The first-order chi connectivity index (χ1) is 14.5. The molecule has 2 N–H and O–H groups in total. The average Bonchev–Trinajstić information content (AvgIpc) is 2.73. The summed E-state index contributed by atoms with van der Waals surface area (Å²) in [5.41, 5.74) is 2.05. The van der Waals surface area contributed by atoms with Crippen LogP contribution in [0.3, 0.4) is 0 Å². The number of hydrogen-bond acceptors (Lipinski definition) is 5. The molecule has 0 aliphatic heterocycles. The molecule has 3 aromatic rings. The van der Waals surface area contributed by atoms with Gasteiger partial charge in [-0.25, -0.2) is 9.37 Å². The lowest BCUT2D eigenvalue weighted by atomic mass is 10.1. The fourth-order valence-corrected chi connectivity index (χ4v) is 3.63. The van der Waals surface area contributed by atoms with Gasteiger partial charge in [0.2, 0.25) is 5.91 Å². The topological polar surface area (TPSA) is 84.1 Å². The van der Waals surface area contributed by atoms with Crippen LogP contribution < -0.4 is 15.6 Å². The van der Waals surface area contributed by atoms with E-state index in [-0.39, 0.29) is 23.7 Å². The third-order valence-corrected chi connectivity index (χ3v) is 5.22. The maximum Gasteiger partial charge on any atom is 0.251 e. The van der Waals surface area contributed by atoms with Crippen LogP contribution in [0, 0.1) is 5.82 Å². The maximum absolute atomic E-state index is 13.0. The zero-order valence-corrected chi connectivity index (χ0v) is 17.3. The normalized spacial score (nSPS) is 10.6. The molecule has 0 unspecified atom stereocenters. The first kappa shape index (κ1) is 21.6. The molecular formula is C22H22FN3O3S. The van der Waals surface area contributed by atoms with E-state index in [2.05, 4.69) is 15.3 Å². The Kier molecular flexibility index (Phi) is 7.62. The number of aromatic nitrogens is 2. The van der Waals surface area contributed by atoms with Gasteiger partial charge in [-0.05, 0) is 41.8 Å². The highest BCUT2D eigenvalue weighted by Gasteiger charge is 2.08. The fourth-order valence-electron chi connectivity index (χ4n) is 2.78. The van der Waals surface area contributed by atoms with E-state index in [1.807, 2.05) is 24.3 Å². The Morgan fingerprint density at radius 2 is 1.97 bits per heavy atom. The van der Waals surface area contributed by atoms with E-state index < -0.39 is 0 Å². The number of hydrogen-bond donors (Lipinski definition) is 2. The minimum atomic E-state index is -0.314. The molecule has 0 fully saturated rings. The van der Waals surface area contributed by atoms with Gasteiger partial charge in [-0.15, -0.1) is 0 Å². The van der Waals surface area contributed by atoms with Crippen LogP contribution in [0.25, 0.3) is 0 Å². The Morgan fingerprint density at radius 3 is 2.73 bits per heavy atom. The van der Waals surface area contributed by atoms with Crippen LogP contribution in [-0.4, -0.2) is 29.5 Å². The van der Waals surface area contributed by atoms with Crippen molar-refractivity contribution in [2.24, 2.45) is 0 Å². The highest BCUT2D eigenvalue weighted by atomic mass is 32.2. The Labute approximate surface area is 177 Å². The van der Waals surface area contributed by atoms with Crippen LogP contribution in [0.4, 0.5) is 4.39 Å². The number of carbonyl (C=O) groups is 1. The predicted octanol–water partition coefficient (Wildman–Crippen LogP) is 3.11. The van der Waals surface area contributed by atoms with Gasteiger partial charge in [-0.1, -0.05) is 36.0 Å².